The topological polar surface area (TPSA) is 57.2 Å². The Kier molecular flexibility index (Phi) is 11.9. The van der Waals surface area contributed by atoms with E-state index >= 15 is 0 Å². The smallest absolute Gasteiger partial charge is 0.744 e. The number of unbranched alkanes of at least 4 members (excludes halogenated alkanes) is 6. The molecule has 0 aliphatic heterocycles. The van der Waals surface area contributed by atoms with Crippen LogP contribution in [0.5, 0.6) is 0 Å². The first-order valence-corrected chi connectivity index (χ1v) is 11.4. The van der Waals surface area contributed by atoms with E-state index in [1.807, 2.05) is 6.07 Å². The van der Waals surface area contributed by atoms with Crippen LogP contribution in [0.3, 0.4) is 0 Å². The Morgan fingerprint density at radius 3 is 2.07 bits per heavy atom. The van der Waals surface area contributed by atoms with Gasteiger partial charge in [0.2, 0.25) is 0 Å². The van der Waals surface area contributed by atoms with Gasteiger partial charge in [-0.25, -0.2) is 8.42 Å². The molecule has 2 aromatic carbocycles. The van der Waals surface area contributed by atoms with E-state index in [0.29, 0.717) is 5.39 Å². The van der Waals surface area contributed by atoms with Crippen molar-refractivity contribution in [3.63, 3.8) is 0 Å². The fourth-order valence-corrected chi connectivity index (χ4v) is 4.34. The monoisotopic (exact) mass is 414 g/mol. The summed E-state index contributed by atoms with van der Waals surface area (Å²) in [5.74, 6) is 0. The molecular formula is C22H31KO3S. The number of rotatable bonds is 11. The molecule has 0 aromatic heterocycles. The molecule has 5 heteroatoms. The van der Waals surface area contributed by atoms with E-state index in [0.717, 1.165) is 43.1 Å². The van der Waals surface area contributed by atoms with E-state index in [4.69, 9.17) is 0 Å². The van der Waals surface area contributed by atoms with Gasteiger partial charge in [-0.15, -0.1) is 0 Å². The van der Waals surface area contributed by atoms with E-state index in [9.17, 15) is 13.0 Å². The van der Waals surface area contributed by atoms with Crippen LogP contribution >= 0.6 is 0 Å². The molecule has 3 nitrogen and oxygen atoms in total. The van der Waals surface area contributed by atoms with Crippen LogP contribution in [-0.2, 0) is 23.0 Å². The maximum Gasteiger partial charge on any atom is 1.00 e. The fourth-order valence-electron chi connectivity index (χ4n) is 3.60. The van der Waals surface area contributed by atoms with Crippen molar-refractivity contribution >= 4 is 20.9 Å². The van der Waals surface area contributed by atoms with Gasteiger partial charge in [-0.3, -0.25) is 0 Å². The molecule has 0 fully saturated rings. The summed E-state index contributed by atoms with van der Waals surface area (Å²) in [5.41, 5.74) is 2.26. The van der Waals surface area contributed by atoms with Crippen molar-refractivity contribution < 1.29 is 64.4 Å². The van der Waals surface area contributed by atoms with Crippen LogP contribution < -0.4 is 51.4 Å². The molecule has 0 atom stereocenters. The molecule has 0 unspecified atom stereocenters. The van der Waals surface area contributed by atoms with Crippen LogP contribution in [0.1, 0.15) is 76.3 Å². The molecule has 2 rings (SSSR count). The predicted molar refractivity (Wildman–Crippen MR) is 108 cm³/mol. The van der Waals surface area contributed by atoms with E-state index < -0.39 is 10.1 Å². The minimum Gasteiger partial charge on any atom is -0.744 e. The van der Waals surface area contributed by atoms with Gasteiger partial charge in [0.05, 0.1) is 4.90 Å². The maximum absolute atomic E-state index is 11.7. The van der Waals surface area contributed by atoms with Crippen LogP contribution in [0.15, 0.2) is 35.2 Å². The number of benzene rings is 2. The average molecular weight is 415 g/mol. The zero-order valence-corrected chi connectivity index (χ0v) is 21.0. The van der Waals surface area contributed by atoms with Crippen molar-refractivity contribution in [2.45, 2.75) is 83.0 Å². The largest absolute Gasteiger partial charge is 1.00 e. The standard InChI is InChI=1S/C22H32O3S.K/c1-3-5-7-9-12-18-16-19(13-10-8-6-4-2)22-20(17-18)14-11-15-21(22)26(23,24)25;/h11,14-17H,3-10,12-13H2,1-2H3,(H,23,24,25);/q;+1/p-1. The molecular weight excluding hydrogens is 383 g/mol. The van der Waals surface area contributed by atoms with Gasteiger partial charge in [-0.05, 0) is 48.3 Å². The van der Waals surface area contributed by atoms with Crippen molar-refractivity contribution in [2.24, 2.45) is 0 Å². The zero-order chi connectivity index (χ0) is 19.0. The first-order chi connectivity index (χ1) is 12.5. The van der Waals surface area contributed by atoms with Crippen molar-refractivity contribution in [1.29, 1.82) is 0 Å². The number of aryl methyl sites for hydroxylation is 2. The SMILES string of the molecule is CCCCCCc1cc(CCCCCC)c2c(S(=O)(=O)[O-])cccc2c1.[K+]. The molecule has 0 saturated heterocycles. The van der Waals surface area contributed by atoms with Gasteiger partial charge in [-0.1, -0.05) is 76.6 Å². The number of hydrogen-bond donors (Lipinski definition) is 0. The third-order valence-electron chi connectivity index (χ3n) is 4.97. The first kappa shape index (κ1) is 25.3. The van der Waals surface area contributed by atoms with E-state index in [2.05, 4.69) is 26.0 Å². The second kappa shape index (κ2) is 12.7. The van der Waals surface area contributed by atoms with Gasteiger partial charge in [0.15, 0.2) is 0 Å². The van der Waals surface area contributed by atoms with Crippen molar-refractivity contribution in [3.05, 3.63) is 41.5 Å². The van der Waals surface area contributed by atoms with Crippen LogP contribution in [0.25, 0.3) is 10.8 Å². The summed E-state index contributed by atoms with van der Waals surface area (Å²) in [6, 6.07) is 9.24. The molecule has 144 valence electrons. The summed E-state index contributed by atoms with van der Waals surface area (Å²) in [5, 5.41) is 1.51. The molecule has 0 bridgehead atoms. The second-order valence-electron chi connectivity index (χ2n) is 7.18. The van der Waals surface area contributed by atoms with Gasteiger partial charge in [0, 0.05) is 5.39 Å². The molecule has 0 N–H and O–H groups in total. The second-order valence-corrected chi connectivity index (χ2v) is 8.53. The van der Waals surface area contributed by atoms with Gasteiger partial charge in [0.25, 0.3) is 0 Å². The van der Waals surface area contributed by atoms with Gasteiger partial charge in [-0.2, -0.15) is 0 Å². The fraction of sp³-hybridized carbons (Fsp3) is 0.545. The quantitative estimate of drug-likeness (QED) is 0.323. The van der Waals surface area contributed by atoms with Crippen molar-refractivity contribution in [2.75, 3.05) is 0 Å². The molecule has 2 aromatic rings. The Hall–Kier alpha value is 0.246. The molecule has 0 spiro atoms. The van der Waals surface area contributed by atoms with Gasteiger partial charge in [0.1, 0.15) is 10.1 Å². The molecule has 0 amide bonds. The molecule has 27 heavy (non-hydrogen) atoms. The summed E-state index contributed by atoms with van der Waals surface area (Å²) in [6.07, 6.45) is 11.2. The van der Waals surface area contributed by atoms with Crippen LogP contribution in [0, 0.1) is 0 Å². The Morgan fingerprint density at radius 2 is 1.48 bits per heavy atom. The first-order valence-electron chi connectivity index (χ1n) is 9.97. The van der Waals surface area contributed by atoms with Gasteiger partial charge >= 0.3 is 51.4 Å². The van der Waals surface area contributed by atoms with Crippen LogP contribution in [0.2, 0.25) is 0 Å². The molecule has 0 aliphatic carbocycles. The number of fused-ring (bicyclic) bond motifs is 1. The Morgan fingerprint density at radius 1 is 0.852 bits per heavy atom. The molecule has 0 radical (unpaired) electrons. The molecule has 0 aliphatic rings. The van der Waals surface area contributed by atoms with Gasteiger partial charge < -0.3 is 4.55 Å². The Labute approximate surface area is 207 Å². The third-order valence-corrected chi connectivity index (χ3v) is 5.85. The maximum atomic E-state index is 11.7. The summed E-state index contributed by atoms with van der Waals surface area (Å²) in [4.78, 5) is -0.0713. The number of hydrogen-bond acceptors (Lipinski definition) is 3. The van der Waals surface area contributed by atoms with Crippen molar-refractivity contribution in [3.8, 4) is 0 Å². The zero-order valence-electron chi connectivity index (χ0n) is 17.1. The summed E-state index contributed by atoms with van der Waals surface area (Å²) in [7, 11) is -4.47. The third kappa shape index (κ3) is 7.88. The van der Waals surface area contributed by atoms with E-state index in [1.54, 1.807) is 6.07 Å². The predicted octanol–water partition coefficient (Wildman–Crippen LogP) is 2.99. The summed E-state index contributed by atoms with van der Waals surface area (Å²) < 4.78 is 35.2. The van der Waals surface area contributed by atoms with E-state index in [1.165, 1.54) is 43.7 Å². The minimum absolute atomic E-state index is 0. The Balaban J connectivity index is 0.00000364. The summed E-state index contributed by atoms with van der Waals surface area (Å²) in [6.45, 7) is 4.38. The van der Waals surface area contributed by atoms with Crippen LogP contribution in [0.4, 0.5) is 0 Å². The van der Waals surface area contributed by atoms with Crippen LogP contribution in [-0.4, -0.2) is 13.0 Å². The normalized spacial score (nSPS) is 11.5. The summed E-state index contributed by atoms with van der Waals surface area (Å²) >= 11 is 0. The average Bonchev–Trinajstić information content (AvgIpc) is 2.61. The van der Waals surface area contributed by atoms with E-state index in [-0.39, 0.29) is 56.3 Å². The Bertz CT molecular complexity index is 816. The molecule has 0 saturated carbocycles. The molecule has 0 heterocycles. The van der Waals surface area contributed by atoms with Crippen molar-refractivity contribution in [1.82, 2.24) is 0 Å². The minimum atomic E-state index is -4.47.